The number of carbonyl (C=O) groups excluding carboxylic acids is 3. The van der Waals surface area contributed by atoms with Gasteiger partial charge in [0.25, 0.3) is 0 Å². The number of rotatable bonds is 13. The van der Waals surface area contributed by atoms with Gasteiger partial charge in [-0.15, -0.1) is 16.4 Å². The highest BCUT2D eigenvalue weighted by atomic mass is 35.5. The maximum atomic E-state index is 12.2. The van der Waals surface area contributed by atoms with Gasteiger partial charge in [0, 0.05) is 31.0 Å². The third-order valence-electron chi connectivity index (χ3n) is 5.04. The summed E-state index contributed by atoms with van der Waals surface area (Å²) in [5.74, 6) is -1.68. The topological polar surface area (TPSA) is 132 Å². The van der Waals surface area contributed by atoms with Crippen molar-refractivity contribution in [2.75, 3.05) is 6.61 Å². The summed E-state index contributed by atoms with van der Waals surface area (Å²) in [7, 11) is 0. The van der Waals surface area contributed by atoms with Crippen LogP contribution in [-0.4, -0.2) is 68.2 Å². The summed E-state index contributed by atoms with van der Waals surface area (Å²) in [5, 5.41) is 10.7. The Morgan fingerprint density at radius 2 is 1.73 bits per heavy atom. The van der Waals surface area contributed by atoms with Gasteiger partial charge in [-0.1, -0.05) is 51.8 Å². The molecule has 0 radical (unpaired) electrons. The van der Waals surface area contributed by atoms with Gasteiger partial charge in [0.1, 0.15) is 35.6 Å². The van der Waals surface area contributed by atoms with Gasteiger partial charge in [-0.25, -0.2) is 9.67 Å². The number of thiazole rings is 1. The molecule has 2 heterocycles. The predicted octanol–water partition coefficient (Wildman–Crippen LogP) is 5.31. The number of thioether (sulfide) groups is 1. The molecule has 216 valence electrons. The zero-order valence-electron chi connectivity index (χ0n) is 21.7. The zero-order chi connectivity index (χ0) is 29.4. The monoisotopic (exact) mass is 650 g/mol. The number of esters is 3. The normalized spacial score (nSPS) is 14.2. The fraction of sp³-hybridized carbons (Fsp3) is 0.417. The van der Waals surface area contributed by atoms with E-state index in [4.69, 9.17) is 53.8 Å². The minimum atomic E-state index is -0.949. The zero-order valence-corrected chi connectivity index (χ0v) is 25.6. The van der Waals surface area contributed by atoms with Gasteiger partial charge in [0.05, 0.1) is 22.8 Å². The number of nitrogens with zero attached hydrogens (tertiary/aromatic N) is 4. The lowest BCUT2D eigenvalue weighted by Crippen LogP contribution is -2.43. The maximum Gasteiger partial charge on any atom is 0.303 e. The Balaban J connectivity index is 1.95. The molecule has 2 aromatic heterocycles. The molecule has 3 aromatic rings. The molecule has 4 atom stereocenters. The first-order chi connectivity index (χ1) is 18.9. The first-order valence-electron chi connectivity index (χ1n) is 11.7. The Labute approximate surface area is 253 Å². The van der Waals surface area contributed by atoms with Crippen LogP contribution < -0.4 is 0 Å². The van der Waals surface area contributed by atoms with E-state index in [1.807, 2.05) is 0 Å². The molecular weight excluding hydrogens is 627 g/mol. The van der Waals surface area contributed by atoms with Crippen LogP contribution in [0.2, 0.25) is 14.5 Å². The Morgan fingerprint density at radius 1 is 1.00 bits per heavy atom. The van der Waals surface area contributed by atoms with Crippen LogP contribution in [-0.2, 0) is 39.9 Å². The third-order valence-corrected chi connectivity index (χ3v) is 7.93. The van der Waals surface area contributed by atoms with Gasteiger partial charge in [-0.2, -0.15) is 0 Å². The molecule has 2 unspecified atom stereocenters. The number of benzene rings is 1. The number of ether oxygens (including phenoxy) is 4. The van der Waals surface area contributed by atoms with Crippen molar-refractivity contribution < 1.29 is 33.3 Å². The Hall–Kier alpha value is -2.42. The highest BCUT2D eigenvalue weighted by molar-refractivity contribution is 7.99. The fourth-order valence-electron chi connectivity index (χ4n) is 3.32. The molecule has 0 saturated carbocycles. The minimum Gasteiger partial charge on any atom is -0.463 e. The second-order valence-electron chi connectivity index (χ2n) is 8.31. The quantitative estimate of drug-likeness (QED) is 0.103. The number of hydrogen-bond acceptors (Lipinski definition) is 12. The van der Waals surface area contributed by atoms with Gasteiger partial charge < -0.3 is 18.9 Å². The number of hydrogen-bond donors (Lipinski definition) is 0. The predicted molar refractivity (Wildman–Crippen MR) is 151 cm³/mol. The van der Waals surface area contributed by atoms with Gasteiger partial charge in [0.15, 0.2) is 10.6 Å². The van der Waals surface area contributed by atoms with E-state index in [1.54, 1.807) is 36.7 Å². The molecule has 0 N–H and O–H groups in total. The molecule has 0 aliphatic carbocycles. The molecule has 0 saturated heterocycles. The van der Waals surface area contributed by atoms with Crippen LogP contribution in [0.5, 0.6) is 0 Å². The maximum absolute atomic E-state index is 12.2. The molecule has 0 aliphatic heterocycles. The highest BCUT2D eigenvalue weighted by Crippen LogP contribution is 2.34. The van der Waals surface area contributed by atoms with E-state index in [-0.39, 0.29) is 13.2 Å². The van der Waals surface area contributed by atoms with Crippen LogP contribution in [0.15, 0.2) is 34.7 Å². The Kier molecular flexibility index (Phi) is 12.0. The average Bonchev–Trinajstić information content (AvgIpc) is 3.50. The first-order valence-corrected chi connectivity index (χ1v) is 14.6. The smallest absolute Gasteiger partial charge is 0.303 e. The summed E-state index contributed by atoms with van der Waals surface area (Å²) in [5.41, 5.74) is 0.0801. The van der Waals surface area contributed by atoms with Crippen LogP contribution in [0.3, 0.4) is 0 Å². The summed E-state index contributed by atoms with van der Waals surface area (Å²) in [6.45, 7) is 5.14. The number of aromatic nitrogens is 4. The van der Waals surface area contributed by atoms with Crippen molar-refractivity contribution in [3.8, 4) is 11.4 Å². The highest BCUT2D eigenvalue weighted by Gasteiger charge is 2.34. The van der Waals surface area contributed by atoms with E-state index >= 15 is 0 Å². The van der Waals surface area contributed by atoms with Gasteiger partial charge in [0.2, 0.25) is 0 Å². The SMILES string of the molecule is CC(=O)OCC(OC(Sc1ccc(Cl)c(Cl)c1)[C@H](Cn1cc(-c2csc(Cl)n2)nn1)OC(C)=O)[C@@H](C)OC(C)=O. The fourth-order valence-corrected chi connectivity index (χ4v) is 5.53. The van der Waals surface area contributed by atoms with Crippen LogP contribution in [0, 0.1) is 0 Å². The van der Waals surface area contributed by atoms with Crippen LogP contribution in [0.25, 0.3) is 11.4 Å². The molecular formula is C24H25Cl3N4O7S2. The Morgan fingerprint density at radius 3 is 2.33 bits per heavy atom. The van der Waals surface area contributed by atoms with Gasteiger partial charge >= 0.3 is 17.9 Å². The van der Waals surface area contributed by atoms with Gasteiger partial charge in [-0.05, 0) is 25.1 Å². The summed E-state index contributed by atoms with van der Waals surface area (Å²) in [6.07, 6.45) is -1.07. The molecule has 0 amide bonds. The first kappa shape index (κ1) is 32.1. The van der Waals surface area contributed by atoms with Crippen molar-refractivity contribution >= 4 is 75.8 Å². The number of carbonyl (C=O) groups is 3. The van der Waals surface area contributed by atoms with E-state index in [9.17, 15) is 14.4 Å². The largest absolute Gasteiger partial charge is 0.463 e. The van der Waals surface area contributed by atoms with E-state index in [0.29, 0.717) is 30.8 Å². The lowest BCUT2D eigenvalue weighted by atomic mass is 10.2. The molecule has 0 spiro atoms. The van der Waals surface area contributed by atoms with Crippen molar-refractivity contribution in [3.63, 3.8) is 0 Å². The third kappa shape index (κ3) is 9.89. The van der Waals surface area contributed by atoms with Crippen molar-refractivity contribution in [2.45, 2.75) is 62.9 Å². The van der Waals surface area contributed by atoms with E-state index < -0.39 is 41.7 Å². The van der Waals surface area contributed by atoms with Crippen LogP contribution in [0.1, 0.15) is 27.7 Å². The Bertz CT molecular complexity index is 1340. The minimum absolute atomic E-state index is 0.0195. The van der Waals surface area contributed by atoms with Crippen molar-refractivity contribution in [3.05, 3.63) is 44.3 Å². The van der Waals surface area contributed by atoms with Gasteiger partial charge in [-0.3, -0.25) is 14.4 Å². The molecule has 0 bridgehead atoms. The van der Waals surface area contributed by atoms with Crippen LogP contribution in [0.4, 0.5) is 0 Å². The number of halogens is 3. The van der Waals surface area contributed by atoms with E-state index in [2.05, 4.69) is 15.3 Å². The average molecular weight is 652 g/mol. The van der Waals surface area contributed by atoms with Crippen molar-refractivity contribution in [1.29, 1.82) is 0 Å². The molecule has 3 rings (SSSR count). The second kappa shape index (κ2) is 15.0. The van der Waals surface area contributed by atoms with E-state index in [0.717, 1.165) is 0 Å². The summed E-state index contributed by atoms with van der Waals surface area (Å²) in [6, 6.07) is 4.96. The molecule has 11 nitrogen and oxygen atoms in total. The lowest BCUT2D eigenvalue weighted by Gasteiger charge is -2.32. The molecule has 0 aliphatic rings. The van der Waals surface area contributed by atoms with Crippen molar-refractivity contribution in [1.82, 2.24) is 20.0 Å². The van der Waals surface area contributed by atoms with E-state index in [1.165, 1.54) is 48.6 Å². The molecule has 0 fully saturated rings. The van der Waals surface area contributed by atoms with Crippen LogP contribution >= 0.6 is 57.9 Å². The molecule has 16 heteroatoms. The van der Waals surface area contributed by atoms with Crippen molar-refractivity contribution in [2.24, 2.45) is 0 Å². The summed E-state index contributed by atoms with van der Waals surface area (Å²) < 4.78 is 24.3. The second-order valence-corrected chi connectivity index (χ2v) is 11.7. The molecule has 1 aromatic carbocycles. The molecule has 40 heavy (non-hydrogen) atoms. The standard InChI is InChI=1S/C24H25Cl3N4O7S2/c1-12(36-14(3)33)22(10-35-13(2)32)38-23(40-16-5-6-17(25)18(26)7-16)21(37-15(4)34)9-31-8-19(29-30-31)20-11-39-24(27)28-20/h5-8,11-12,21-23H,9-10H2,1-4H3/t12-,21+,22?,23?/m1/s1. The summed E-state index contributed by atoms with van der Waals surface area (Å²) in [4.78, 5) is 40.2. The summed E-state index contributed by atoms with van der Waals surface area (Å²) >= 11 is 20.7. The lowest BCUT2D eigenvalue weighted by molar-refractivity contribution is -0.170.